The number of nitrogens with two attached hydrogens (primary N) is 1. The molecule has 7 nitrogen and oxygen atoms in total. The first-order valence-electron chi connectivity index (χ1n) is 9.39. The normalized spacial score (nSPS) is 15.6. The van der Waals surface area contributed by atoms with Crippen LogP contribution in [0.15, 0.2) is 59.0 Å². The largest absolute Gasteiger partial charge is 0.378 e. The smallest absolute Gasteiger partial charge is 0.286 e. The van der Waals surface area contributed by atoms with Crippen LogP contribution in [0.25, 0.3) is 16.9 Å². The van der Waals surface area contributed by atoms with E-state index in [1.807, 2.05) is 17.0 Å². The fourth-order valence-electron chi connectivity index (χ4n) is 3.37. The minimum atomic E-state index is 0.430. The molecule has 4 rings (SSSR count). The maximum atomic E-state index is 5.98. The fourth-order valence-corrected chi connectivity index (χ4v) is 3.37. The molecule has 28 heavy (non-hydrogen) atoms. The summed E-state index contributed by atoms with van der Waals surface area (Å²) in [5, 5.41) is 8.23. The first kappa shape index (κ1) is 18.2. The van der Waals surface area contributed by atoms with Crippen LogP contribution in [0.4, 0.5) is 0 Å². The van der Waals surface area contributed by atoms with Gasteiger partial charge in [0.25, 0.3) is 5.65 Å². The van der Waals surface area contributed by atoms with Crippen molar-refractivity contribution < 1.29 is 9.14 Å². The van der Waals surface area contributed by atoms with Crippen LogP contribution in [0.1, 0.15) is 11.1 Å². The minimum absolute atomic E-state index is 0.430. The highest BCUT2D eigenvalue weighted by atomic mass is 16.5. The monoisotopic (exact) mass is 377 g/mol. The van der Waals surface area contributed by atoms with Crippen molar-refractivity contribution in [3.05, 3.63) is 59.9 Å². The third-order valence-electron chi connectivity index (χ3n) is 4.98. The summed E-state index contributed by atoms with van der Waals surface area (Å²) >= 11 is 0. The summed E-state index contributed by atoms with van der Waals surface area (Å²) < 4.78 is 9.66. The highest BCUT2D eigenvalue weighted by Crippen LogP contribution is 2.20. The summed E-state index contributed by atoms with van der Waals surface area (Å²) in [6.45, 7) is 4.95. The molecule has 3 aromatic rings. The zero-order valence-corrected chi connectivity index (χ0v) is 16.2. The van der Waals surface area contributed by atoms with Crippen molar-refractivity contribution in [1.29, 1.82) is 0 Å². The van der Waals surface area contributed by atoms with E-state index < -0.39 is 0 Å². The number of pyridine rings is 1. The minimum Gasteiger partial charge on any atom is -0.378 e. The molecule has 1 aromatic carbocycles. The lowest BCUT2D eigenvalue weighted by atomic mass is 10.1. The number of morpholine rings is 1. The number of hydrogen-bond donors (Lipinski definition) is 1. The molecular formula is C21H25N6O+. The maximum absolute atomic E-state index is 5.98. The maximum Gasteiger partial charge on any atom is 0.286 e. The lowest BCUT2D eigenvalue weighted by molar-refractivity contribution is -0.510. The van der Waals surface area contributed by atoms with E-state index in [4.69, 9.17) is 10.5 Å². The number of nitrogens with zero attached hydrogens (tertiary/aromatic N) is 5. The molecule has 0 radical (unpaired) electrons. The van der Waals surface area contributed by atoms with Crippen molar-refractivity contribution in [2.24, 2.45) is 23.0 Å². The van der Waals surface area contributed by atoms with Crippen LogP contribution in [0.2, 0.25) is 0 Å². The van der Waals surface area contributed by atoms with E-state index in [9.17, 15) is 0 Å². The second-order valence-electron chi connectivity index (χ2n) is 6.97. The third kappa shape index (κ3) is 3.75. The number of guanidine groups is 1. The van der Waals surface area contributed by atoms with Crippen molar-refractivity contribution in [3.63, 3.8) is 0 Å². The highest BCUT2D eigenvalue weighted by Gasteiger charge is 2.15. The van der Waals surface area contributed by atoms with Gasteiger partial charge in [-0.2, -0.15) is 5.10 Å². The van der Waals surface area contributed by atoms with Crippen molar-refractivity contribution in [2.75, 3.05) is 26.3 Å². The lowest BCUT2D eigenvalue weighted by Crippen LogP contribution is -2.44. The molecule has 2 N–H and O–H groups in total. The van der Waals surface area contributed by atoms with Gasteiger partial charge in [-0.3, -0.25) is 0 Å². The zero-order chi connectivity index (χ0) is 19.5. The summed E-state index contributed by atoms with van der Waals surface area (Å²) in [7, 11) is 2.08. The number of rotatable bonds is 3. The molecule has 2 aromatic heterocycles. The Bertz CT molecular complexity index is 1030. The lowest BCUT2D eigenvalue weighted by Gasteiger charge is -2.26. The third-order valence-corrected chi connectivity index (χ3v) is 4.98. The Kier molecular flexibility index (Phi) is 5.08. The van der Waals surface area contributed by atoms with Gasteiger partial charge < -0.3 is 15.4 Å². The predicted molar refractivity (Wildman–Crippen MR) is 110 cm³/mol. The van der Waals surface area contributed by atoms with Gasteiger partial charge in [0.05, 0.1) is 32.7 Å². The molecule has 1 fully saturated rings. The molecular weight excluding hydrogens is 352 g/mol. The van der Waals surface area contributed by atoms with Crippen LogP contribution in [0, 0.1) is 6.92 Å². The summed E-state index contributed by atoms with van der Waals surface area (Å²) in [6, 6.07) is 12.5. The van der Waals surface area contributed by atoms with Crippen molar-refractivity contribution in [1.82, 2.24) is 9.47 Å². The van der Waals surface area contributed by atoms with E-state index in [1.54, 1.807) is 6.21 Å². The number of fused-ring (bicyclic) bond motifs is 1. The van der Waals surface area contributed by atoms with Gasteiger partial charge in [-0.05, 0) is 36.2 Å². The Morgan fingerprint density at radius 2 is 1.86 bits per heavy atom. The van der Waals surface area contributed by atoms with Crippen molar-refractivity contribution in [2.45, 2.75) is 6.92 Å². The molecule has 144 valence electrons. The predicted octanol–water partition coefficient (Wildman–Crippen LogP) is 1.72. The Hall–Kier alpha value is -3.19. The van der Waals surface area contributed by atoms with E-state index in [-0.39, 0.29) is 0 Å². The summed E-state index contributed by atoms with van der Waals surface area (Å²) in [5.41, 5.74) is 11.6. The number of aromatic nitrogens is 2. The van der Waals surface area contributed by atoms with Gasteiger partial charge >= 0.3 is 0 Å². The standard InChI is InChI=1S/C21H25N6O/c1-16-3-8-20-25(2)19(15-27(20)14-16)18-6-4-17(5-7-18)13-23-24-21(22)26-9-11-28-12-10-26/h3-8,13-15H,9-12H2,1-2H3,(H2,22,24)/q+1/b23-13+. The first-order valence-corrected chi connectivity index (χ1v) is 9.39. The second kappa shape index (κ2) is 7.82. The molecule has 3 heterocycles. The molecule has 0 spiro atoms. The quantitative estimate of drug-likeness (QED) is 0.327. The molecule has 1 aliphatic rings. The summed E-state index contributed by atoms with van der Waals surface area (Å²) in [6.07, 6.45) is 6.01. The molecule has 0 unspecified atom stereocenters. The average molecular weight is 377 g/mol. The second-order valence-corrected chi connectivity index (χ2v) is 6.97. The Morgan fingerprint density at radius 3 is 2.61 bits per heavy atom. The van der Waals surface area contributed by atoms with Crippen LogP contribution >= 0.6 is 0 Å². The summed E-state index contributed by atoms with van der Waals surface area (Å²) in [5.74, 6) is 0.430. The van der Waals surface area contributed by atoms with Crippen molar-refractivity contribution in [3.8, 4) is 11.3 Å². The first-order chi connectivity index (χ1) is 13.6. The van der Waals surface area contributed by atoms with Crippen LogP contribution in [-0.2, 0) is 11.8 Å². The van der Waals surface area contributed by atoms with E-state index >= 15 is 0 Å². The molecule has 0 bridgehead atoms. The number of aryl methyl sites for hydroxylation is 2. The van der Waals surface area contributed by atoms with Crippen LogP contribution in [0.3, 0.4) is 0 Å². The van der Waals surface area contributed by atoms with Gasteiger partial charge in [0.1, 0.15) is 6.20 Å². The van der Waals surface area contributed by atoms with Crippen molar-refractivity contribution >= 4 is 17.8 Å². The van der Waals surface area contributed by atoms with E-state index in [1.165, 1.54) is 5.56 Å². The zero-order valence-electron chi connectivity index (χ0n) is 16.2. The van der Waals surface area contributed by atoms with Crippen LogP contribution in [-0.4, -0.2) is 47.9 Å². The van der Waals surface area contributed by atoms with Gasteiger partial charge in [0.2, 0.25) is 5.96 Å². The highest BCUT2D eigenvalue weighted by molar-refractivity contribution is 5.83. The van der Waals surface area contributed by atoms with Gasteiger partial charge in [-0.1, -0.05) is 12.1 Å². The van der Waals surface area contributed by atoms with E-state index in [0.717, 1.165) is 35.6 Å². The molecule has 1 saturated heterocycles. The number of hydrogen-bond acceptors (Lipinski definition) is 3. The molecule has 7 heteroatoms. The van der Waals surface area contributed by atoms with Gasteiger partial charge in [0.15, 0.2) is 5.69 Å². The number of ether oxygens (including phenoxy) is 1. The topological polar surface area (TPSA) is 72.2 Å². The van der Waals surface area contributed by atoms with E-state index in [2.05, 4.69) is 69.8 Å². The van der Waals surface area contributed by atoms with Crippen LogP contribution in [0.5, 0.6) is 0 Å². The molecule has 0 aliphatic carbocycles. The van der Waals surface area contributed by atoms with Gasteiger partial charge in [-0.15, -0.1) is 5.10 Å². The molecule has 1 aliphatic heterocycles. The molecule has 0 saturated carbocycles. The Labute approximate surface area is 164 Å². The van der Waals surface area contributed by atoms with Crippen LogP contribution < -0.4 is 10.1 Å². The molecule has 0 atom stereocenters. The van der Waals surface area contributed by atoms with Gasteiger partial charge in [0, 0.05) is 24.7 Å². The number of benzene rings is 1. The summed E-state index contributed by atoms with van der Waals surface area (Å²) in [4.78, 5) is 1.98. The Morgan fingerprint density at radius 1 is 1.11 bits per heavy atom. The SMILES string of the molecule is Cc1ccc2n(C)c(-c3ccc(/C=N/N=C(N)N4CCOCC4)cc3)c[n+]2c1. The molecule has 0 amide bonds. The average Bonchev–Trinajstić information content (AvgIpc) is 3.04. The van der Waals surface area contributed by atoms with E-state index in [0.29, 0.717) is 19.2 Å². The Balaban J connectivity index is 1.50. The number of imidazole rings is 1. The van der Waals surface area contributed by atoms with Gasteiger partial charge in [-0.25, -0.2) is 8.97 Å². The fraction of sp³-hybridized carbons (Fsp3) is 0.286.